The van der Waals surface area contributed by atoms with E-state index in [9.17, 15) is 50.4 Å². The van der Waals surface area contributed by atoms with Gasteiger partial charge in [-0.25, -0.2) is 0 Å². The van der Waals surface area contributed by atoms with E-state index >= 15 is 0 Å². The lowest BCUT2D eigenvalue weighted by atomic mass is 9.85. The van der Waals surface area contributed by atoms with Crippen LogP contribution in [-0.4, -0.2) is 52.4 Å². The summed E-state index contributed by atoms with van der Waals surface area (Å²) in [6, 6.07) is 10.3. The predicted octanol–water partition coefficient (Wildman–Crippen LogP) is 11.1. The van der Waals surface area contributed by atoms with E-state index in [1.165, 1.54) is 41.5 Å². The number of hydrogen-bond acceptors (Lipinski definition) is 10. The van der Waals surface area contributed by atoms with Crippen molar-refractivity contribution in [2.75, 3.05) is 0 Å². The van der Waals surface area contributed by atoms with Gasteiger partial charge in [-0.1, -0.05) is 46.6 Å². The lowest BCUT2D eigenvalue weighted by Crippen LogP contribution is -2.07. The topological polar surface area (TPSA) is 196 Å². The van der Waals surface area contributed by atoms with Crippen LogP contribution in [0.2, 0.25) is 0 Å². The highest BCUT2D eigenvalue weighted by Crippen LogP contribution is 2.47. The third-order valence-electron chi connectivity index (χ3n) is 10.5. The molecule has 10 nitrogen and oxygen atoms in total. The maximum atomic E-state index is 13.5. The Balaban J connectivity index is 1.89. The molecule has 0 atom stereocenters. The van der Waals surface area contributed by atoms with Crippen LogP contribution in [0, 0.1) is 0 Å². The van der Waals surface area contributed by atoms with Crippen LogP contribution in [0.25, 0.3) is 11.1 Å². The van der Waals surface area contributed by atoms with Crippen LogP contribution in [0.3, 0.4) is 0 Å². The smallest absolute Gasteiger partial charge is 0.166 e. The average molecular weight is 819 g/mol. The van der Waals surface area contributed by atoms with E-state index < -0.39 is 40.3 Å². The molecule has 10 heteroatoms. The number of ketones is 2. The van der Waals surface area contributed by atoms with E-state index in [4.69, 9.17) is 0 Å². The van der Waals surface area contributed by atoms with Crippen LogP contribution in [0.15, 0.2) is 95.1 Å². The zero-order valence-corrected chi connectivity index (χ0v) is 35.4. The number of aromatic hydroxyl groups is 8. The lowest BCUT2D eigenvalue weighted by molar-refractivity contribution is 0.0971. The number of rotatable bonds is 19. The van der Waals surface area contributed by atoms with Crippen LogP contribution in [0.1, 0.15) is 123 Å². The van der Waals surface area contributed by atoms with E-state index in [1.54, 1.807) is 6.07 Å². The number of carbonyl (C=O) groups is 2. The summed E-state index contributed by atoms with van der Waals surface area (Å²) in [6.45, 7) is 12.0. The van der Waals surface area contributed by atoms with Gasteiger partial charge in [0.1, 0.15) is 23.0 Å². The van der Waals surface area contributed by atoms with Crippen molar-refractivity contribution in [1.29, 1.82) is 0 Å². The van der Waals surface area contributed by atoms with Crippen molar-refractivity contribution in [3.8, 4) is 57.1 Å². The Bertz CT molecular complexity index is 2350. The highest BCUT2D eigenvalue weighted by Gasteiger charge is 2.25. The summed E-state index contributed by atoms with van der Waals surface area (Å²) >= 11 is 0. The summed E-state index contributed by atoms with van der Waals surface area (Å²) in [5, 5.41) is 86.6. The first-order valence-corrected chi connectivity index (χ1v) is 20.2. The number of aryl methyl sites for hydroxylation is 1. The monoisotopic (exact) mass is 818 g/mol. The molecule has 4 aromatic rings. The fourth-order valence-electron chi connectivity index (χ4n) is 7.11. The van der Waals surface area contributed by atoms with Gasteiger partial charge < -0.3 is 40.9 Å². The molecular weight excluding hydrogens is 761 g/mol. The van der Waals surface area contributed by atoms with Crippen LogP contribution >= 0.6 is 0 Å². The molecule has 60 heavy (non-hydrogen) atoms. The Morgan fingerprint density at radius 2 is 0.950 bits per heavy atom. The molecule has 0 heterocycles. The molecule has 0 amide bonds. The zero-order valence-electron chi connectivity index (χ0n) is 35.4. The maximum Gasteiger partial charge on any atom is 0.166 e. The summed E-state index contributed by atoms with van der Waals surface area (Å²) < 4.78 is 0. The van der Waals surface area contributed by atoms with Crippen molar-refractivity contribution in [3.05, 3.63) is 129 Å². The first-order valence-electron chi connectivity index (χ1n) is 20.2. The Morgan fingerprint density at radius 3 is 1.43 bits per heavy atom. The van der Waals surface area contributed by atoms with Crippen LogP contribution < -0.4 is 0 Å². The molecule has 318 valence electrons. The molecule has 0 aliphatic rings. The van der Waals surface area contributed by atoms with Crippen molar-refractivity contribution in [2.45, 2.75) is 106 Å². The minimum absolute atomic E-state index is 0.0107. The van der Waals surface area contributed by atoms with Gasteiger partial charge in [-0.05, 0) is 146 Å². The predicted molar refractivity (Wildman–Crippen MR) is 236 cm³/mol. The number of allylic oxidation sites excluding steroid dienone is 8. The average Bonchev–Trinajstić information content (AvgIpc) is 3.17. The second kappa shape index (κ2) is 21.0. The van der Waals surface area contributed by atoms with Crippen LogP contribution in [0.5, 0.6) is 46.0 Å². The quantitative estimate of drug-likeness (QED) is 0.0256. The summed E-state index contributed by atoms with van der Waals surface area (Å²) in [5.41, 5.74) is 6.34. The summed E-state index contributed by atoms with van der Waals surface area (Å²) in [7, 11) is 0. The van der Waals surface area contributed by atoms with E-state index in [0.717, 1.165) is 49.0 Å². The standard InChI is InChI=1S/C50H58O10/c1-29(2)9-7-11-31(5)13-18-36-33(15-23-43(53)39-20-16-34(51)26-45(39)55)25-42(50(60)49(36)59)41-28-47(57)48(58)38(19-14-32(6)12-8-10-30(3)4)37(41)22-24-44(54)40-21-17-35(52)27-46(40)56/h9-10,13-14,16-17,20-21,25-28,51-52,55-60H,7-8,11-12,15,18-19,22-24H2,1-6H3/b31-13+,32-14+. The van der Waals surface area contributed by atoms with E-state index in [-0.39, 0.29) is 78.0 Å². The number of benzene rings is 4. The van der Waals surface area contributed by atoms with Gasteiger partial charge in [-0.3, -0.25) is 9.59 Å². The lowest BCUT2D eigenvalue weighted by Gasteiger charge is -2.21. The normalized spacial score (nSPS) is 11.7. The molecule has 0 saturated carbocycles. The SMILES string of the molecule is CC(C)=CCC/C(C)=C/Cc1c(CCC(=O)c2ccc(O)cc2O)cc(-c2cc(O)c(O)c(C/C=C(\C)CCC=C(C)C)c2CCC(=O)c2ccc(O)cc2O)c(O)c1O. The van der Waals surface area contributed by atoms with Crippen molar-refractivity contribution >= 4 is 11.6 Å². The first-order chi connectivity index (χ1) is 28.4. The Labute approximate surface area is 352 Å². The molecule has 0 fully saturated rings. The van der Waals surface area contributed by atoms with Crippen LogP contribution in [0.4, 0.5) is 0 Å². The number of Topliss-reactive ketones (excluding diaryl/α,β-unsaturated/α-hetero) is 2. The molecule has 8 N–H and O–H groups in total. The third-order valence-corrected chi connectivity index (χ3v) is 10.5. The summed E-state index contributed by atoms with van der Waals surface area (Å²) in [4.78, 5) is 26.9. The third kappa shape index (κ3) is 12.3. The summed E-state index contributed by atoms with van der Waals surface area (Å²) in [6.07, 6.45) is 11.4. The molecule has 4 rings (SSSR count). The second-order valence-electron chi connectivity index (χ2n) is 15.9. The zero-order chi connectivity index (χ0) is 44.3. The first kappa shape index (κ1) is 46.3. The highest BCUT2D eigenvalue weighted by molar-refractivity contribution is 5.99. The van der Waals surface area contributed by atoms with Gasteiger partial charge in [-0.15, -0.1) is 0 Å². The maximum absolute atomic E-state index is 13.5. The molecule has 0 aliphatic carbocycles. The van der Waals surface area contributed by atoms with Gasteiger partial charge in [0.2, 0.25) is 0 Å². The molecule has 4 aromatic carbocycles. The van der Waals surface area contributed by atoms with Crippen molar-refractivity contribution in [1.82, 2.24) is 0 Å². The van der Waals surface area contributed by atoms with Crippen molar-refractivity contribution < 1.29 is 50.4 Å². The van der Waals surface area contributed by atoms with E-state index in [1.807, 2.05) is 53.7 Å². The van der Waals surface area contributed by atoms with Gasteiger partial charge >= 0.3 is 0 Å². The number of carbonyl (C=O) groups excluding carboxylic acids is 2. The Hall–Kier alpha value is -6.42. The molecule has 0 unspecified atom stereocenters. The molecule has 0 aromatic heterocycles. The highest BCUT2D eigenvalue weighted by atomic mass is 16.3. The largest absolute Gasteiger partial charge is 0.508 e. The minimum atomic E-state index is -0.500. The van der Waals surface area contributed by atoms with E-state index in [0.29, 0.717) is 22.3 Å². The molecule has 0 aliphatic heterocycles. The fourth-order valence-corrected chi connectivity index (χ4v) is 7.11. The number of phenolic OH excluding ortho intramolecular Hbond substituents is 8. The molecular formula is C50H58O10. The minimum Gasteiger partial charge on any atom is -0.508 e. The van der Waals surface area contributed by atoms with Crippen molar-refractivity contribution in [2.24, 2.45) is 0 Å². The summed E-state index contributed by atoms with van der Waals surface area (Å²) in [5.74, 6) is -3.90. The van der Waals surface area contributed by atoms with E-state index in [2.05, 4.69) is 12.2 Å². The second-order valence-corrected chi connectivity index (χ2v) is 15.9. The van der Waals surface area contributed by atoms with Gasteiger partial charge in [-0.2, -0.15) is 0 Å². The van der Waals surface area contributed by atoms with Gasteiger partial charge in [0.25, 0.3) is 0 Å². The number of phenols is 8. The molecule has 0 bridgehead atoms. The number of hydrogen-bond donors (Lipinski definition) is 8. The van der Waals surface area contributed by atoms with Gasteiger partial charge in [0, 0.05) is 41.7 Å². The van der Waals surface area contributed by atoms with Gasteiger partial charge in [0.15, 0.2) is 34.6 Å². The molecule has 0 saturated heterocycles. The van der Waals surface area contributed by atoms with Crippen molar-refractivity contribution in [3.63, 3.8) is 0 Å². The Kier molecular flexibility index (Phi) is 16.2. The Morgan fingerprint density at radius 1 is 0.467 bits per heavy atom. The molecule has 0 radical (unpaired) electrons. The molecule has 0 spiro atoms. The fraction of sp³-hybridized carbons (Fsp3) is 0.320. The van der Waals surface area contributed by atoms with Crippen LogP contribution in [-0.2, 0) is 25.7 Å². The van der Waals surface area contributed by atoms with Gasteiger partial charge in [0.05, 0.1) is 11.1 Å².